The molecule has 7 heteroatoms. The van der Waals surface area contributed by atoms with Crippen LogP contribution in [0.25, 0.3) is 10.9 Å². The zero-order valence-corrected chi connectivity index (χ0v) is 12.8. The first kappa shape index (κ1) is 16.7. The van der Waals surface area contributed by atoms with Crippen molar-refractivity contribution in [1.29, 1.82) is 0 Å². The molecule has 22 heavy (non-hydrogen) atoms. The smallest absolute Gasteiger partial charge is 0.418 e. The van der Waals surface area contributed by atoms with Gasteiger partial charge >= 0.3 is 12.3 Å². The Balaban J connectivity index is 2.45. The van der Waals surface area contributed by atoms with Crippen LogP contribution in [0.3, 0.4) is 0 Å². The van der Waals surface area contributed by atoms with Crippen LogP contribution < -0.4 is 0 Å². The summed E-state index contributed by atoms with van der Waals surface area (Å²) in [6, 6.07) is 4.42. The molecule has 1 aromatic heterocycles. The third-order valence-electron chi connectivity index (χ3n) is 2.98. The van der Waals surface area contributed by atoms with Crippen molar-refractivity contribution in [2.75, 3.05) is 6.61 Å². The minimum absolute atomic E-state index is 0.0145. The van der Waals surface area contributed by atoms with Crippen molar-refractivity contribution in [2.24, 2.45) is 5.92 Å². The van der Waals surface area contributed by atoms with E-state index < -0.39 is 18.7 Å². The van der Waals surface area contributed by atoms with Gasteiger partial charge in [-0.2, -0.15) is 13.2 Å². The number of hydrogen-bond acceptors (Lipinski definition) is 2. The molecule has 0 radical (unpaired) electrons. The number of benzene rings is 1. The zero-order chi connectivity index (χ0) is 16.5. The van der Waals surface area contributed by atoms with E-state index in [-0.39, 0.29) is 18.1 Å². The number of carbonyl (C=O) groups excluding carboxylic acids is 1. The highest BCUT2D eigenvalue weighted by atomic mass is 35.5. The molecular weight excluding hydrogens is 319 g/mol. The topological polar surface area (TPSA) is 31.2 Å². The van der Waals surface area contributed by atoms with Crippen LogP contribution in [0.1, 0.15) is 19.4 Å². The van der Waals surface area contributed by atoms with Gasteiger partial charge in [0.15, 0.2) is 0 Å². The predicted molar refractivity (Wildman–Crippen MR) is 78.3 cm³/mol. The molecule has 0 aliphatic rings. The highest BCUT2D eigenvalue weighted by molar-refractivity contribution is 6.31. The summed E-state index contributed by atoms with van der Waals surface area (Å²) in [6.45, 7) is 3.92. The zero-order valence-electron chi connectivity index (χ0n) is 12.1. The number of halogens is 4. The fraction of sp³-hybridized carbons (Fsp3) is 0.400. The molecule has 1 heterocycles. The van der Waals surface area contributed by atoms with Crippen LogP contribution in [0.5, 0.6) is 0 Å². The van der Waals surface area contributed by atoms with E-state index in [9.17, 15) is 18.0 Å². The first-order valence-corrected chi connectivity index (χ1v) is 7.08. The van der Waals surface area contributed by atoms with Gasteiger partial charge < -0.3 is 4.74 Å². The lowest BCUT2D eigenvalue weighted by Gasteiger charge is -2.08. The van der Waals surface area contributed by atoms with E-state index in [1.54, 1.807) is 0 Å². The number of aromatic nitrogens is 1. The van der Waals surface area contributed by atoms with Crippen molar-refractivity contribution < 1.29 is 22.7 Å². The van der Waals surface area contributed by atoms with Crippen LogP contribution in [0.4, 0.5) is 18.0 Å². The largest absolute Gasteiger partial charge is 0.449 e. The van der Waals surface area contributed by atoms with Gasteiger partial charge in [-0.05, 0) is 23.6 Å². The van der Waals surface area contributed by atoms with E-state index in [0.29, 0.717) is 15.9 Å². The molecule has 0 unspecified atom stereocenters. The Morgan fingerprint density at radius 1 is 1.36 bits per heavy atom. The summed E-state index contributed by atoms with van der Waals surface area (Å²) in [7, 11) is 0. The molecule has 0 amide bonds. The van der Waals surface area contributed by atoms with Gasteiger partial charge in [0.05, 0.1) is 18.5 Å². The van der Waals surface area contributed by atoms with Crippen LogP contribution in [0.2, 0.25) is 5.02 Å². The molecule has 2 rings (SSSR count). The average molecular weight is 334 g/mol. The number of nitrogens with zero attached hydrogens (tertiary/aromatic N) is 1. The maximum Gasteiger partial charge on any atom is 0.418 e. The van der Waals surface area contributed by atoms with Crippen molar-refractivity contribution in [3.05, 3.63) is 35.0 Å². The number of rotatable bonds is 3. The number of fused-ring (bicyclic) bond motifs is 1. The molecule has 0 aliphatic heterocycles. The number of alkyl halides is 3. The quantitative estimate of drug-likeness (QED) is 0.788. The van der Waals surface area contributed by atoms with Gasteiger partial charge in [0.2, 0.25) is 0 Å². The van der Waals surface area contributed by atoms with E-state index >= 15 is 0 Å². The summed E-state index contributed by atoms with van der Waals surface area (Å²) < 4.78 is 44.1. The number of ether oxygens (including phenoxy) is 1. The summed E-state index contributed by atoms with van der Waals surface area (Å²) >= 11 is 5.88. The Hall–Kier alpha value is -1.69. The summed E-state index contributed by atoms with van der Waals surface area (Å²) in [4.78, 5) is 12.1. The molecule has 120 valence electrons. The summed E-state index contributed by atoms with van der Waals surface area (Å²) in [5.74, 6) is 0.129. The second-order valence-electron chi connectivity index (χ2n) is 5.45. The van der Waals surface area contributed by atoms with E-state index in [1.165, 1.54) is 18.2 Å². The summed E-state index contributed by atoms with van der Waals surface area (Å²) in [6.07, 6.45) is -5.03. The lowest BCUT2D eigenvalue weighted by Crippen LogP contribution is -2.16. The van der Waals surface area contributed by atoms with Gasteiger partial charge in [0.1, 0.15) is 0 Å². The van der Waals surface area contributed by atoms with Gasteiger partial charge in [-0.1, -0.05) is 31.5 Å². The van der Waals surface area contributed by atoms with Crippen LogP contribution >= 0.6 is 11.6 Å². The number of carbonyl (C=O) groups is 1. The minimum Gasteiger partial charge on any atom is -0.449 e. The van der Waals surface area contributed by atoms with Crippen LogP contribution in [0.15, 0.2) is 24.4 Å². The molecule has 0 fully saturated rings. The second-order valence-corrected chi connectivity index (χ2v) is 5.88. The Labute approximate surface area is 130 Å². The molecule has 0 bridgehead atoms. The van der Waals surface area contributed by atoms with Crippen molar-refractivity contribution >= 4 is 28.6 Å². The Kier molecular flexibility index (Phi) is 4.70. The van der Waals surface area contributed by atoms with Crippen LogP contribution in [-0.4, -0.2) is 23.4 Å². The Morgan fingerprint density at radius 3 is 2.64 bits per heavy atom. The van der Waals surface area contributed by atoms with Gasteiger partial charge in [-0.15, -0.1) is 0 Å². The molecule has 0 saturated carbocycles. The molecule has 2 aromatic rings. The van der Waals surface area contributed by atoms with Crippen molar-refractivity contribution in [3.8, 4) is 0 Å². The van der Waals surface area contributed by atoms with Gasteiger partial charge in [0, 0.05) is 16.6 Å². The van der Waals surface area contributed by atoms with Gasteiger partial charge in [0.25, 0.3) is 0 Å². The molecule has 0 saturated heterocycles. The lowest BCUT2D eigenvalue weighted by atomic mass is 10.1. The first-order valence-electron chi connectivity index (χ1n) is 6.71. The molecular formula is C15H15ClF3NO2. The van der Waals surface area contributed by atoms with Crippen molar-refractivity contribution in [1.82, 2.24) is 4.57 Å². The standard InChI is InChI=1S/C15H15ClF3NO2/c1-9(2)8-22-14(21)20-7-10(6-15(17,18)19)12-4-3-11(16)5-13(12)20/h3-5,7,9H,6,8H2,1-2H3. The molecule has 0 aliphatic carbocycles. The molecule has 0 atom stereocenters. The maximum absolute atomic E-state index is 12.7. The number of hydrogen-bond donors (Lipinski definition) is 0. The summed E-state index contributed by atoms with van der Waals surface area (Å²) in [5, 5.41) is 0.672. The monoisotopic (exact) mass is 333 g/mol. The Morgan fingerprint density at radius 2 is 2.05 bits per heavy atom. The van der Waals surface area contributed by atoms with Gasteiger partial charge in [-0.25, -0.2) is 4.79 Å². The van der Waals surface area contributed by atoms with E-state index in [1.807, 2.05) is 13.8 Å². The molecule has 3 nitrogen and oxygen atoms in total. The normalized spacial score (nSPS) is 12.1. The maximum atomic E-state index is 12.7. The fourth-order valence-corrected chi connectivity index (χ4v) is 2.25. The molecule has 0 spiro atoms. The average Bonchev–Trinajstić information content (AvgIpc) is 2.72. The van der Waals surface area contributed by atoms with E-state index in [2.05, 4.69) is 0 Å². The van der Waals surface area contributed by atoms with Crippen molar-refractivity contribution in [2.45, 2.75) is 26.4 Å². The third-order valence-corrected chi connectivity index (χ3v) is 3.21. The predicted octanol–water partition coefficient (Wildman–Crippen LogP) is 5.04. The minimum atomic E-state index is -4.36. The van der Waals surface area contributed by atoms with Crippen LogP contribution in [0, 0.1) is 5.92 Å². The second kappa shape index (κ2) is 6.20. The molecule has 1 aromatic carbocycles. The van der Waals surface area contributed by atoms with E-state index in [4.69, 9.17) is 16.3 Å². The first-order chi connectivity index (χ1) is 10.2. The highest BCUT2D eigenvalue weighted by Gasteiger charge is 2.30. The molecule has 0 N–H and O–H groups in total. The highest BCUT2D eigenvalue weighted by Crippen LogP contribution is 2.30. The Bertz CT molecular complexity index is 692. The SMILES string of the molecule is CC(C)COC(=O)n1cc(CC(F)(F)F)c2ccc(Cl)cc21. The third kappa shape index (κ3) is 3.94. The van der Waals surface area contributed by atoms with E-state index in [0.717, 1.165) is 10.8 Å². The fourth-order valence-electron chi connectivity index (χ4n) is 2.09. The van der Waals surface area contributed by atoms with Gasteiger partial charge in [-0.3, -0.25) is 4.57 Å². The van der Waals surface area contributed by atoms with Crippen molar-refractivity contribution in [3.63, 3.8) is 0 Å². The lowest BCUT2D eigenvalue weighted by molar-refractivity contribution is -0.127. The summed E-state index contributed by atoms with van der Waals surface area (Å²) in [5.41, 5.74) is 0.321. The van der Waals surface area contributed by atoms with Crippen LogP contribution in [-0.2, 0) is 11.2 Å².